The highest BCUT2D eigenvalue weighted by molar-refractivity contribution is 5.77. The fourth-order valence-electron chi connectivity index (χ4n) is 1.85. The zero-order chi connectivity index (χ0) is 12.7. The van der Waals surface area contributed by atoms with Crippen LogP contribution in [0.5, 0.6) is 0 Å². The molecule has 98 valence electrons. The van der Waals surface area contributed by atoms with Gasteiger partial charge in [0.1, 0.15) is 0 Å². The smallest absolute Gasteiger partial charge is 0.305 e. The standard InChI is InChI=1S/C12H22N2O3/c13-8-3-1-2-4-11(15)14(10-5-6-10)9-7-12(16)17/h10H,1-9,13H2,(H,16,17). The van der Waals surface area contributed by atoms with Crippen LogP contribution in [0.4, 0.5) is 0 Å². The fourth-order valence-corrected chi connectivity index (χ4v) is 1.85. The van der Waals surface area contributed by atoms with E-state index >= 15 is 0 Å². The van der Waals surface area contributed by atoms with Gasteiger partial charge in [0, 0.05) is 19.0 Å². The Kier molecular flexibility index (Phi) is 5.97. The Bertz CT molecular complexity index is 264. The Labute approximate surface area is 102 Å². The summed E-state index contributed by atoms with van der Waals surface area (Å²) in [6.07, 6.45) is 5.39. The Balaban J connectivity index is 2.25. The lowest BCUT2D eigenvalue weighted by atomic mass is 10.1. The average Bonchev–Trinajstić information content (AvgIpc) is 3.08. The van der Waals surface area contributed by atoms with Gasteiger partial charge in [0.25, 0.3) is 0 Å². The summed E-state index contributed by atoms with van der Waals surface area (Å²) in [5.74, 6) is -0.739. The highest BCUT2D eigenvalue weighted by atomic mass is 16.4. The van der Waals surface area contributed by atoms with Crippen LogP contribution >= 0.6 is 0 Å². The number of hydrogen-bond donors (Lipinski definition) is 2. The van der Waals surface area contributed by atoms with Crippen molar-refractivity contribution in [3.8, 4) is 0 Å². The zero-order valence-corrected chi connectivity index (χ0v) is 10.2. The van der Waals surface area contributed by atoms with Crippen LogP contribution in [-0.4, -0.2) is 41.0 Å². The van der Waals surface area contributed by atoms with Crippen molar-refractivity contribution in [3.63, 3.8) is 0 Å². The van der Waals surface area contributed by atoms with E-state index in [1.807, 2.05) is 0 Å². The number of carboxylic acids is 1. The van der Waals surface area contributed by atoms with Crippen molar-refractivity contribution in [1.29, 1.82) is 0 Å². The van der Waals surface area contributed by atoms with Crippen LogP contribution in [0.15, 0.2) is 0 Å². The van der Waals surface area contributed by atoms with Gasteiger partial charge in [-0.3, -0.25) is 9.59 Å². The minimum atomic E-state index is -0.841. The molecule has 0 spiro atoms. The zero-order valence-electron chi connectivity index (χ0n) is 10.2. The van der Waals surface area contributed by atoms with Crippen molar-refractivity contribution in [2.75, 3.05) is 13.1 Å². The number of unbranched alkanes of at least 4 members (excludes halogenated alkanes) is 2. The highest BCUT2D eigenvalue weighted by Crippen LogP contribution is 2.27. The Morgan fingerprint density at radius 2 is 1.88 bits per heavy atom. The molecule has 1 saturated carbocycles. The number of amides is 1. The maximum atomic E-state index is 11.9. The highest BCUT2D eigenvalue weighted by Gasteiger charge is 2.32. The largest absolute Gasteiger partial charge is 0.481 e. The molecule has 0 saturated heterocycles. The van der Waals surface area contributed by atoms with E-state index in [-0.39, 0.29) is 12.3 Å². The summed E-state index contributed by atoms with van der Waals surface area (Å²) in [5, 5.41) is 8.64. The van der Waals surface area contributed by atoms with E-state index in [0.29, 0.717) is 25.6 Å². The molecule has 0 aromatic rings. The Morgan fingerprint density at radius 1 is 1.18 bits per heavy atom. The third-order valence-electron chi connectivity index (χ3n) is 2.97. The molecule has 0 heterocycles. The molecule has 1 fully saturated rings. The summed E-state index contributed by atoms with van der Waals surface area (Å²) in [6.45, 7) is 1.02. The molecule has 0 bridgehead atoms. The average molecular weight is 242 g/mol. The van der Waals surface area contributed by atoms with Gasteiger partial charge in [-0.2, -0.15) is 0 Å². The van der Waals surface area contributed by atoms with Crippen molar-refractivity contribution < 1.29 is 14.7 Å². The first kappa shape index (κ1) is 14.0. The predicted octanol–water partition coefficient (Wildman–Crippen LogP) is 0.971. The fraction of sp³-hybridized carbons (Fsp3) is 0.833. The van der Waals surface area contributed by atoms with Gasteiger partial charge in [0.05, 0.1) is 6.42 Å². The van der Waals surface area contributed by atoms with Crippen molar-refractivity contribution >= 4 is 11.9 Å². The van der Waals surface area contributed by atoms with Gasteiger partial charge in [-0.15, -0.1) is 0 Å². The summed E-state index contributed by atoms with van der Waals surface area (Å²) in [4.78, 5) is 24.2. The summed E-state index contributed by atoms with van der Waals surface area (Å²) >= 11 is 0. The van der Waals surface area contributed by atoms with E-state index in [1.165, 1.54) is 0 Å². The molecule has 1 amide bonds. The Hall–Kier alpha value is -1.10. The number of carbonyl (C=O) groups is 2. The van der Waals surface area contributed by atoms with E-state index in [4.69, 9.17) is 10.8 Å². The van der Waals surface area contributed by atoms with Gasteiger partial charge in [-0.05, 0) is 32.2 Å². The normalized spacial score (nSPS) is 14.6. The maximum absolute atomic E-state index is 11.9. The van der Waals surface area contributed by atoms with Crippen molar-refractivity contribution in [3.05, 3.63) is 0 Å². The number of hydrogen-bond acceptors (Lipinski definition) is 3. The molecule has 0 unspecified atom stereocenters. The third-order valence-corrected chi connectivity index (χ3v) is 2.97. The quantitative estimate of drug-likeness (QED) is 0.590. The summed E-state index contributed by atoms with van der Waals surface area (Å²) < 4.78 is 0. The minimum absolute atomic E-state index is 0.0467. The van der Waals surface area contributed by atoms with Crippen LogP contribution < -0.4 is 5.73 Å². The number of rotatable bonds is 9. The second-order valence-electron chi connectivity index (χ2n) is 4.56. The van der Waals surface area contributed by atoms with Crippen LogP contribution in [0.25, 0.3) is 0 Å². The topological polar surface area (TPSA) is 83.6 Å². The van der Waals surface area contributed by atoms with Crippen molar-refractivity contribution in [2.24, 2.45) is 5.73 Å². The third kappa shape index (κ3) is 5.68. The van der Waals surface area contributed by atoms with Crippen molar-refractivity contribution in [2.45, 2.75) is 51.0 Å². The number of nitrogens with zero attached hydrogens (tertiary/aromatic N) is 1. The molecule has 5 heteroatoms. The van der Waals surface area contributed by atoms with E-state index in [9.17, 15) is 9.59 Å². The number of nitrogens with two attached hydrogens (primary N) is 1. The number of carbonyl (C=O) groups excluding carboxylic acids is 1. The second kappa shape index (κ2) is 7.27. The summed E-state index contributed by atoms with van der Waals surface area (Å²) in [6, 6.07) is 0.302. The molecule has 0 aromatic carbocycles. The molecule has 5 nitrogen and oxygen atoms in total. The van der Waals surface area contributed by atoms with Crippen LogP contribution in [0, 0.1) is 0 Å². The number of aliphatic carboxylic acids is 1. The maximum Gasteiger partial charge on any atom is 0.305 e. The molecule has 3 N–H and O–H groups in total. The molecule has 1 rings (SSSR count). The van der Waals surface area contributed by atoms with Crippen LogP contribution in [-0.2, 0) is 9.59 Å². The van der Waals surface area contributed by atoms with Crippen LogP contribution in [0.3, 0.4) is 0 Å². The molecule has 0 radical (unpaired) electrons. The van der Waals surface area contributed by atoms with E-state index in [0.717, 1.165) is 32.1 Å². The molecule has 0 aromatic heterocycles. The van der Waals surface area contributed by atoms with Gasteiger partial charge in [0.2, 0.25) is 5.91 Å². The predicted molar refractivity (Wildman–Crippen MR) is 64.5 cm³/mol. The van der Waals surface area contributed by atoms with Crippen LogP contribution in [0.1, 0.15) is 44.9 Å². The summed E-state index contributed by atoms with van der Waals surface area (Å²) in [7, 11) is 0. The van der Waals surface area contributed by atoms with E-state index in [2.05, 4.69) is 0 Å². The molecular weight excluding hydrogens is 220 g/mol. The molecule has 0 atom stereocenters. The molecule has 17 heavy (non-hydrogen) atoms. The molecular formula is C12H22N2O3. The van der Waals surface area contributed by atoms with E-state index < -0.39 is 5.97 Å². The van der Waals surface area contributed by atoms with E-state index in [1.54, 1.807) is 4.90 Å². The molecule has 1 aliphatic rings. The minimum Gasteiger partial charge on any atom is -0.481 e. The second-order valence-corrected chi connectivity index (χ2v) is 4.56. The lowest BCUT2D eigenvalue weighted by molar-refractivity contribution is -0.138. The van der Waals surface area contributed by atoms with Gasteiger partial charge in [-0.1, -0.05) is 6.42 Å². The van der Waals surface area contributed by atoms with Gasteiger partial charge >= 0.3 is 5.97 Å². The molecule has 1 aliphatic carbocycles. The lowest BCUT2D eigenvalue weighted by Crippen LogP contribution is -2.34. The van der Waals surface area contributed by atoms with Crippen LogP contribution in [0.2, 0.25) is 0 Å². The SMILES string of the molecule is NCCCCCC(=O)N(CCC(=O)O)C1CC1. The van der Waals surface area contributed by atoms with Gasteiger partial charge < -0.3 is 15.7 Å². The monoisotopic (exact) mass is 242 g/mol. The number of carboxylic acid groups (broad SMARTS) is 1. The first-order chi connectivity index (χ1) is 8.15. The van der Waals surface area contributed by atoms with Crippen molar-refractivity contribution in [1.82, 2.24) is 4.90 Å². The Morgan fingerprint density at radius 3 is 2.41 bits per heavy atom. The molecule has 0 aliphatic heterocycles. The van der Waals surface area contributed by atoms with Gasteiger partial charge in [0.15, 0.2) is 0 Å². The van der Waals surface area contributed by atoms with Gasteiger partial charge in [-0.25, -0.2) is 0 Å². The first-order valence-corrected chi connectivity index (χ1v) is 6.36. The first-order valence-electron chi connectivity index (χ1n) is 6.36. The summed E-state index contributed by atoms with van der Waals surface area (Å²) in [5.41, 5.74) is 5.38. The lowest BCUT2D eigenvalue weighted by Gasteiger charge is -2.21.